The zero-order chi connectivity index (χ0) is 17.8. The Kier molecular flexibility index (Phi) is 9.75. The number of benzene rings is 1. The number of hydrogen-bond acceptors (Lipinski definition) is 3. The molecule has 8 heteroatoms. The molecule has 3 N–H and O–H groups in total. The summed E-state index contributed by atoms with van der Waals surface area (Å²) in [5, 5.41) is 7.19. The van der Waals surface area contributed by atoms with E-state index in [-0.39, 0.29) is 5.75 Å². The standard InChI is InChI=1S/C16H27ClN4O2S/c1-3-18-16(19-11-7-12-21-24(22,23)4-2)20-13-10-14-8-5-6-9-15(14)17/h5-6,8-9,21H,3-4,7,10-13H2,1-2H3,(H2,18,19,20). The Labute approximate surface area is 150 Å². The van der Waals surface area contributed by atoms with Gasteiger partial charge in [0.1, 0.15) is 0 Å². The Morgan fingerprint density at radius 1 is 1.17 bits per heavy atom. The summed E-state index contributed by atoms with van der Waals surface area (Å²) in [7, 11) is -3.12. The summed E-state index contributed by atoms with van der Waals surface area (Å²) in [6.45, 7) is 6.05. The lowest BCUT2D eigenvalue weighted by Gasteiger charge is -2.12. The van der Waals surface area contributed by atoms with Crippen LogP contribution in [0.4, 0.5) is 0 Å². The Bertz CT molecular complexity index is 620. The van der Waals surface area contributed by atoms with Crippen molar-refractivity contribution in [2.24, 2.45) is 4.99 Å². The fraction of sp³-hybridized carbons (Fsp3) is 0.562. The first-order chi connectivity index (χ1) is 11.5. The average Bonchev–Trinajstić information content (AvgIpc) is 2.56. The Morgan fingerprint density at radius 3 is 2.58 bits per heavy atom. The number of sulfonamides is 1. The highest BCUT2D eigenvalue weighted by Crippen LogP contribution is 2.14. The highest BCUT2D eigenvalue weighted by atomic mass is 35.5. The van der Waals surface area contributed by atoms with Gasteiger partial charge in [0.05, 0.1) is 5.75 Å². The molecule has 0 saturated heterocycles. The van der Waals surface area contributed by atoms with Gasteiger partial charge in [-0.15, -0.1) is 0 Å². The van der Waals surface area contributed by atoms with Crippen LogP contribution in [0.5, 0.6) is 0 Å². The molecular weight excluding hydrogens is 348 g/mol. The fourth-order valence-electron chi connectivity index (χ4n) is 1.96. The Morgan fingerprint density at radius 2 is 1.92 bits per heavy atom. The predicted octanol–water partition coefficient (Wildman–Crippen LogP) is 1.77. The topological polar surface area (TPSA) is 82.6 Å². The normalized spacial score (nSPS) is 12.2. The van der Waals surface area contributed by atoms with Crippen molar-refractivity contribution in [3.05, 3.63) is 34.9 Å². The van der Waals surface area contributed by atoms with Crippen molar-refractivity contribution in [1.82, 2.24) is 15.4 Å². The van der Waals surface area contributed by atoms with Gasteiger partial charge in [0, 0.05) is 31.2 Å². The van der Waals surface area contributed by atoms with E-state index in [4.69, 9.17) is 11.6 Å². The third kappa shape index (κ3) is 8.52. The number of guanidine groups is 1. The zero-order valence-corrected chi connectivity index (χ0v) is 15.9. The molecule has 0 saturated carbocycles. The van der Waals surface area contributed by atoms with Gasteiger partial charge in [-0.3, -0.25) is 4.99 Å². The zero-order valence-electron chi connectivity index (χ0n) is 14.3. The fourth-order valence-corrected chi connectivity index (χ4v) is 2.85. The molecule has 6 nitrogen and oxygen atoms in total. The van der Waals surface area contributed by atoms with Gasteiger partial charge in [0.15, 0.2) is 5.96 Å². The van der Waals surface area contributed by atoms with Gasteiger partial charge >= 0.3 is 0 Å². The first kappa shape index (κ1) is 20.7. The van der Waals surface area contributed by atoms with E-state index in [2.05, 4.69) is 20.3 Å². The van der Waals surface area contributed by atoms with Crippen LogP contribution >= 0.6 is 11.6 Å². The summed E-state index contributed by atoms with van der Waals surface area (Å²) in [5.74, 6) is 0.825. The number of hydrogen-bond donors (Lipinski definition) is 3. The van der Waals surface area contributed by atoms with Crippen LogP contribution in [0.3, 0.4) is 0 Å². The third-order valence-corrected chi connectivity index (χ3v) is 5.07. The maximum absolute atomic E-state index is 11.3. The van der Waals surface area contributed by atoms with Crippen LogP contribution in [0, 0.1) is 0 Å². The lowest BCUT2D eigenvalue weighted by molar-refractivity contribution is 0.581. The van der Waals surface area contributed by atoms with Crippen LogP contribution in [0.25, 0.3) is 0 Å². The lowest BCUT2D eigenvalue weighted by Crippen LogP contribution is -2.38. The first-order valence-electron chi connectivity index (χ1n) is 8.21. The van der Waals surface area contributed by atoms with Crippen LogP contribution in [-0.2, 0) is 16.4 Å². The molecule has 0 aromatic heterocycles. The van der Waals surface area contributed by atoms with Gasteiger partial charge in [-0.1, -0.05) is 29.8 Å². The molecule has 0 aliphatic carbocycles. The highest BCUT2D eigenvalue weighted by Gasteiger charge is 2.04. The smallest absolute Gasteiger partial charge is 0.211 e. The van der Waals surface area contributed by atoms with Crippen molar-refractivity contribution in [2.45, 2.75) is 26.7 Å². The Balaban J connectivity index is 2.36. The minimum absolute atomic E-state index is 0.0997. The van der Waals surface area contributed by atoms with Gasteiger partial charge in [0.2, 0.25) is 10.0 Å². The largest absolute Gasteiger partial charge is 0.357 e. The maximum Gasteiger partial charge on any atom is 0.211 e. The van der Waals surface area contributed by atoms with Gasteiger partial charge in [-0.2, -0.15) is 0 Å². The monoisotopic (exact) mass is 374 g/mol. The molecule has 0 fully saturated rings. The van der Waals surface area contributed by atoms with E-state index in [1.54, 1.807) is 6.92 Å². The second kappa shape index (κ2) is 11.3. The molecule has 0 aliphatic rings. The molecule has 1 aromatic rings. The third-order valence-electron chi connectivity index (χ3n) is 3.30. The van der Waals surface area contributed by atoms with Crippen LogP contribution in [-0.4, -0.2) is 46.3 Å². The van der Waals surface area contributed by atoms with Crippen molar-refractivity contribution in [1.29, 1.82) is 0 Å². The summed E-state index contributed by atoms with van der Waals surface area (Å²) >= 11 is 6.14. The molecule has 1 rings (SSSR count). The molecule has 0 spiro atoms. The lowest BCUT2D eigenvalue weighted by atomic mass is 10.1. The summed E-state index contributed by atoms with van der Waals surface area (Å²) in [5.41, 5.74) is 1.09. The van der Waals surface area contributed by atoms with Crippen LogP contribution in [0.1, 0.15) is 25.8 Å². The number of halogens is 1. The van der Waals surface area contributed by atoms with E-state index >= 15 is 0 Å². The molecule has 0 aliphatic heterocycles. The number of nitrogens with one attached hydrogen (secondary N) is 3. The predicted molar refractivity (Wildman–Crippen MR) is 101 cm³/mol. The summed E-state index contributed by atoms with van der Waals surface area (Å²) in [4.78, 5) is 4.44. The average molecular weight is 375 g/mol. The van der Waals surface area contributed by atoms with E-state index in [1.807, 2.05) is 31.2 Å². The van der Waals surface area contributed by atoms with E-state index in [1.165, 1.54) is 0 Å². The molecule has 1 aromatic carbocycles. The number of rotatable bonds is 10. The van der Waals surface area contributed by atoms with E-state index in [0.717, 1.165) is 36.1 Å². The van der Waals surface area contributed by atoms with Crippen molar-refractivity contribution >= 4 is 27.6 Å². The maximum atomic E-state index is 11.3. The van der Waals surface area contributed by atoms with E-state index in [9.17, 15) is 8.42 Å². The van der Waals surface area contributed by atoms with Gasteiger partial charge in [-0.25, -0.2) is 13.1 Å². The molecule has 0 amide bonds. The van der Waals surface area contributed by atoms with Gasteiger partial charge in [0.25, 0.3) is 0 Å². The van der Waals surface area contributed by atoms with Crippen LogP contribution in [0.15, 0.2) is 29.3 Å². The molecule has 0 unspecified atom stereocenters. The Hall–Kier alpha value is -1.31. The molecule has 0 radical (unpaired) electrons. The highest BCUT2D eigenvalue weighted by molar-refractivity contribution is 7.89. The van der Waals surface area contributed by atoms with E-state index < -0.39 is 10.0 Å². The van der Waals surface area contributed by atoms with Crippen LogP contribution < -0.4 is 15.4 Å². The van der Waals surface area contributed by atoms with Gasteiger partial charge < -0.3 is 10.6 Å². The summed E-state index contributed by atoms with van der Waals surface area (Å²) < 4.78 is 25.2. The summed E-state index contributed by atoms with van der Waals surface area (Å²) in [6.07, 6.45) is 1.46. The number of aliphatic imine (C=N–C) groups is 1. The second-order valence-electron chi connectivity index (χ2n) is 5.18. The minimum Gasteiger partial charge on any atom is -0.357 e. The van der Waals surface area contributed by atoms with Crippen molar-refractivity contribution in [3.63, 3.8) is 0 Å². The van der Waals surface area contributed by atoms with Crippen molar-refractivity contribution in [2.75, 3.05) is 31.9 Å². The quantitative estimate of drug-likeness (QED) is 0.331. The minimum atomic E-state index is -3.12. The molecule has 136 valence electrons. The molecule has 24 heavy (non-hydrogen) atoms. The number of nitrogens with zero attached hydrogens (tertiary/aromatic N) is 1. The molecule has 0 atom stereocenters. The first-order valence-corrected chi connectivity index (χ1v) is 10.2. The van der Waals surface area contributed by atoms with E-state index in [0.29, 0.717) is 19.5 Å². The van der Waals surface area contributed by atoms with Crippen molar-refractivity contribution < 1.29 is 8.42 Å². The van der Waals surface area contributed by atoms with Crippen molar-refractivity contribution in [3.8, 4) is 0 Å². The molecular formula is C16H27ClN4O2S. The summed E-state index contributed by atoms with van der Waals surface area (Å²) in [6, 6.07) is 7.77. The molecule has 0 bridgehead atoms. The van der Waals surface area contributed by atoms with Crippen LogP contribution in [0.2, 0.25) is 5.02 Å². The SMILES string of the molecule is CCNC(=NCCCNS(=O)(=O)CC)NCCc1ccccc1Cl. The van der Waals surface area contributed by atoms with Gasteiger partial charge in [-0.05, 0) is 38.3 Å². The molecule has 0 heterocycles. The second-order valence-corrected chi connectivity index (χ2v) is 7.68.